The molecule has 2 unspecified atom stereocenters. The zero-order valence-corrected chi connectivity index (χ0v) is 15.7. The van der Waals surface area contributed by atoms with Crippen LogP contribution in [0.2, 0.25) is 0 Å². The van der Waals surface area contributed by atoms with Crippen LogP contribution in [0, 0.1) is 11.8 Å². The second kappa shape index (κ2) is 10.3. The molecule has 0 saturated heterocycles. The van der Waals surface area contributed by atoms with Crippen molar-refractivity contribution in [2.45, 2.75) is 32.7 Å². The van der Waals surface area contributed by atoms with Crippen LogP contribution >= 0.6 is 0 Å². The number of hydrogen-bond donors (Lipinski definition) is 4. The fraction of sp³-hybridized carbons (Fsp3) is 0.421. The number of carbonyl (C=O) groups is 3. The Labute approximate surface area is 158 Å². The predicted octanol–water partition coefficient (Wildman–Crippen LogP) is 1.53. The average Bonchev–Trinajstić information content (AvgIpc) is 2.64. The molecular weight excluding hydrogens is 352 g/mol. The van der Waals surface area contributed by atoms with E-state index in [0.29, 0.717) is 11.3 Å². The van der Waals surface area contributed by atoms with Gasteiger partial charge in [0.25, 0.3) is 5.91 Å². The van der Waals surface area contributed by atoms with E-state index >= 15 is 0 Å². The highest BCUT2D eigenvalue weighted by Gasteiger charge is 2.30. The summed E-state index contributed by atoms with van der Waals surface area (Å²) in [7, 11) is 1.53. The third-order valence-corrected chi connectivity index (χ3v) is 4.05. The zero-order valence-electron chi connectivity index (χ0n) is 15.7. The van der Waals surface area contributed by atoms with Gasteiger partial charge in [-0.3, -0.25) is 14.8 Å². The minimum Gasteiger partial charge on any atom is -0.497 e. The van der Waals surface area contributed by atoms with Gasteiger partial charge in [0, 0.05) is 12.0 Å². The van der Waals surface area contributed by atoms with Crippen LogP contribution in [0.4, 0.5) is 0 Å². The molecule has 148 valence electrons. The quantitative estimate of drug-likeness (QED) is 0.278. The number of methoxy groups -OCH3 is 1. The van der Waals surface area contributed by atoms with E-state index in [4.69, 9.17) is 9.94 Å². The van der Waals surface area contributed by atoms with Crippen LogP contribution in [-0.4, -0.2) is 41.2 Å². The minimum absolute atomic E-state index is 0.0499. The number of carboxylic acids is 1. The maximum Gasteiger partial charge on any atom is 0.326 e. The molecular formula is C19H26N2O6. The number of rotatable bonds is 10. The summed E-state index contributed by atoms with van der Waals surface area (Å²) in [4.78, 5) is 35.9. The third kappa shape index (κ3) is 6.74. The van der Waals surface area contributed by atoms with E-state index in [2.05, 4.69) is 11.9 Å². The molecule has 0 spiro atoms. The maximum absolute atomic E-state index is 12.6. The number of benzene rings is 1. The van der Waals surface area contributed by atoms with Gasteiger partial charge in [-0.05, 0) is 30.0 Å². The van der Waals surface area contributed by atoms with Crippen molar-refractivity contribution in [3.8, 4) is 5.75 Å². The molecule has 0 radical (unpaired) electrons. The van der Waals surface area contributed by atoms with E-state index in [1.807, 2.05) is 13.8 Å². The summed E-state index contributed by atoms with van der Waals surface area (Å²) in [6.07, 6.45) is 0.352. The highest BCUT2D eigenvalue weighted by atomic mass is 16.5. The van der Waals surface area contributed by atoms with Crippen molar-refractivity contribution in [1.82, 2.24) is 10.8 Å². The molecule has 0 heterocycles. The van der Waals surface area contributed by atoms with Crippen molar-refractivity contribution in [3.05, 3.63) is 42.0 Å². The molecule has 2 amide bonds. The summed E-state index contributed by atoms with van der Waals surface area (Å²) in [5.74, 6) is -2.96. The predicted molar refractivity (Wildman–Crippen MR) is 98.3 cm³/mol. The standard InChI is InChI=1S/C19H26N2O6/c1-11(2)9-15(12(3)17(22)21-26)18(23)20-16(19(24)25)10-13-5-7-14(27-4)8-6-13/h5-8,11,15-16,26H,3,9-10H2,1-2,4H3,(H,20,23)(H,21,22)(H,24,25). The topological polar surface area (TPSA) is 125 Å². The van der Waals surface area contributed by atoms with Crippen LogP contribution in [0.3, 0.4) is 0 Å². The van der Waals surface area contributed by atoms with Crippen LogP contribution in [0.25, 0.3) is 0 Å². The molecule has 4 N–H and O–H groups in total. The second-order valence-corrected chi connectivity index (χ2v) is 6.60. The summed E-state index contributed by atoms with van der Waals surface area (Å²) in [5.41, 5.74) is 2.03. The van der Waals surface area contributed by atoms with Gasteiger partial charge in [-0.2, -0.15) is 0 Å². The van der Waals surface area contributed by atoms with E-state index in [0.717, 1.165) is 0 Å². The molecule has 0 bridgehead atoms. The van der Waals surface area contributed by atoms with Gasteiger partial charge in [0.15, 0.2) is 0 Å². The van der Waals surface area contributed by atoms with E-state index < -0.39 is 29.7 Å². The van der Waals surface area contributed by atoms with Gasteiger partial charge < -0.3 is 15.2 Å². The second-order valence-electron chi connectivity index (χ2n) is 6.60. The number of carboxylic acid groups (broad SMARTS) is 1. The molecule has 0 aliphatic heterocycles. The van der Waals surface area contributed by atoms with Gasteiger partial charge >= 0.3 is 5.97 Å². The Balaban J connectivity index is 2.93. The number of ether oxygens (including phenoxy) is 1. The summed E-state index contributed by atoms with van der Waals surface area (Å²) >= 11 is 0. The van der Waals surface area contributed by atoms with Gasteiger partial charge in [-0.25, -0.2) is 10.3 Å². The van der Waals surface area contributed by atoms with Crippen LogP contribution in [0.5, 0.6) is 5.75 Å². The molecule has 0 aromatic heterocycles. The first-order valence-corrected chi connectivity index (χ1v) is 8.48. The van der Waals surface area contributed by atoms with Gasteiger partial charge in [-0.1, -0.05) is 32.6 Å². The first kappa shape index (κ1) is 22.2. The normalized spacial score (nSPS) is 12.8. The van der Waals surface area contributed by atoms with Crippen LogP contribution < -0.4 is 15.5 Å². The molecule has 1 aromatic carbocycles. The number of nitrogens with one attached hydrogen (secondary N) is 2. The van der Waals surface area contributed by atoms with Gasteiger partial charge in [0.1, 0.15) is 11.8 Å². The number of hydrogen-bond acceptors (Lipinski definition) is 5. The molecule has 2 atom stereocenters. The summed E-state index contributed by atoms with van der Waals surface area (Å²) < 4.78 is 5.06. The molecule has 8 nitrogen and oxygen atoms in total. The van der Waals surface area contributed by atoms with Crippen molar-refractivity contribution >= 4 is 17.8 Å². The Hall–Kier alpha value is -2.87. The highest BCUT2D eigenvalue weighted by molar-refractivity contribution is 5.99. The molecule has 27 heavy (non-hydrogen) atoms. The summed E-state index contributed by atoms with van der Waals surface area (Å²) in [6, 6.07) is 5.65. The number of hydroxylamine groups is 1. The number of aliphatic carboxylic acids is 1. The Morgan fingerprint density at radius 2 is 1.78 bits per heavy atom. The average molecular weight is 378 g/mol. The molecule has 0 aliphatic carbocycles. The molecule has 0 aliphatic rings. The van der Waals surface area contributed by atoms with Crippen molar-refractivity contribution in [2.24, 2.45) is 11.8 Å². The van der Waals surface area contributed by atoms with Crippen molar-refractivity contribution in [1.29, 1.82) is 0 Å². The van der Waals surface area contributed by atoms with Crippen molar-refractivity contribution in [2.75, 3.05) is 7.11 Å². The molecule has 1 aromatic rings. The Kier molecular flexibility index (Phi) is 8.47. The number of carbonyl (C=O) groups excluding carboxylic acids is 2. The van der Waals surface area contributed by atoms with Crippen LogP contribution in [0.1, 0.15) is 25.8 Å². The lowest BCUT2D eigenvalue weighted by atomic mass is 9.89. The molecule has 8 heteroatoms. The largest absolute Gasteiger partial charge is 0.497 e. The smallest absolute Gasteiger partial charge is 0.326 e. The minimum atomic E-state index is -1.19. The third-order valence-electron chi connectivity index (χ3n) is 4.05. The molecule has 1 rings (SSSR count). The van der Waals surface area contributed by atoms with E-state index in [-0.39, 0.29) is 24.3 Å². The fourth-order valence-corrected chi connectivity index (χ4v) is 2.58. The highest BCUT2D eigenvalue weighted by Crippen LogP contribution is 2.20. The Bertz CT molecular complexity index is 684. The zero-order chi connectivity index (χ0) is 20.6. The fourth-order valence-electron chi connectivity index (χ4n) is 2.58. The van der Waals surface area contributed by atoms with Gasteiger partial charge in [0.2, 0.25) is 5.91 Å². The monoisotopic (exact) mass is 378 g/mol. The van der Waals surface area contributed by atoms with Crippen LogP contribution in [-0.2, 0) is 20.8 Å². The van der Waals surface area contributed by atoms with Crippen molar-refractivity contribution in [3.63, 3.8) is 0 Å². The lowest BCUT2D eigenvalue weighted by Gasteiger charge is -2.22. The lowest BCUT2D eigenvalue weighted by molar-refractivity contribution is -0.142. The first-order valence-electron chi connectivity index (χ1n) is 8.48. The first-order chi connectivity index (χ1) is 12.7. The van der Waals surface area contributed by atoms with Gasteiger partial charge in [-0.15, -0.1) is 0 Å². The van der Waals surface area contributed by atoms with Gasteiger partial charge in [0.05, 0.1) is 13.0 Å². The molecule has 0 saturated carbocycles. The summed E-state index contributed by atoms with van der Waals surface area (Å²) in [6.45, 7) is 7.28. The number of amides is 2. The Morgan fingerprint density at radius 1 is 1.19 bits per heavy atom. The van der Waals surface area contributed by atoms with E-state index in [9.17, 15) is 19.5 Å². The van der Waals surface area contributed by atoms with E-state index in [1.54, 1.807) is 24.3 Å². The van der Waals surface area contributed by atoms with E-state index in [1.165, 1.54) is 12.6 Å². The lowest BCUT2D eigenvalue weighted by Crippen LogP contribution is -2.46. The SMILES string of the molecule is C=C(C(=O)NO)C(CC(C)C)C(=O)NC(Cc1ccc(OC)cc1)C(=O)O. The Morgan fingerprint density at radius 3 is 2.22 bits per heavy atom. The van der Waals surface area contributed by atoms with Crippen molar-refractivity contribution < 1.29 is 29.4 Å². The molecule has 0 fully saturated rings. The van der Waals surface area contributed by atoms with Crippen LogP contribution in [0.15, 0.2) is 36.4 Å². The summed E-state index contributed by atoms with van der Waals surface area (Å²) in [5, 5.41) is 20.7. The maximum atomic E-state index is 12.6.